The third kappa shape index (κ3) is 4.06. The zero-order valence-electron chi connectivity index (χ0n) is 17.2. The average molecular weight is 419 g/mol. The highest BCUT2D eigenvalue weighted by Gasteiger charge is 2.46. The number of carbonyl (C=O) groups is 2. The number of esters is 1. The van der Waals surface area contributed by atoms with Crippen LogP contribution >= 0.6 is 0 Å². The largest absolute Gasteiger partial charge is 0.458 e. The second-order valence-electron chi connectivity index (χ2n) is 8.40. The van der Waals surface area contributed by atoms with E-state index >= 15 is 0 Å². The normalized spacial score (nSPS) is 21.1. The van der Waals surface area contributed by atoms with Crippen LogP contribution in [-0.4, -0.2) is 18.4 Å². The van der Waals surface area contributed by atoms with E-state index in [-0.39, 0.29) is 40.9 Å². The molecule has 0 bridgehead atoms. The van der Waals surface area contributed by atoms with Crippen molar-refractivity contribution in [2.24, 2.45) is 5.41 Å². The van der Waals surface area contributed by atoms with E-state index in [1.54, 1.807) is 6.92 Å². The van der Waals surface area contributed by atoms with Gasteiger partial charge in [0.15, 0.2) is 5.78 Å². The number of ketones is 1. The van der Waals surface area contributed by atoms with Gasteiger partial charge in [-0.3, -0.25) is 4.79 Å². The molecule has 7 heteroatoms. The quantitative estimate of drug-likeness (QED) is 0.549. The van der Waals surface area contributed by atoms with Crippen LogP contribution in [0.25, 0.3) is 0 Å². The first-order valence-corrected chi connectivity index (χ1v) is 9.64. The Labute approximate surface area is 173 Å². The highest BCUT2D eigenvalue weighted by Crippen LogP contribution is 2.49. The molecule has 3 rings (SSSR count). The van der Waals surface area contributed by atoms with Gasteiger partial charge in [-0.1, -0.05) is 44.7 Å². The van der Waals surface area contributed by atoms with Crippen LogP contribution in [0, 0.1) is 5.41 Å². The van der Waals surface area contributed by atoms with Gasteiger partial charge < -0.3 is 10.1 Å². The van der Waals surface area contributed by atoms with Gasteiger partial charge in [0.05, 0.1) is 11.1 Å². The highest BCUT2D eigenvalue weighted by atomic mass is 19.4. The number of dihydropyridines is 1. The Hall–Kier alpha value is -2.83. The third-order valence-electron chi connectivity index (χ3n) is 5.37. The Morgan fingerprint density at radius 2 is 1.97 bits per heavy atom. The lowest BCUT2D eigenvalue weighted by molar-refractivity contribution is -0.140. The molecule has 1 aliphatic heterocycles. The molecule has 1 N–H and O–H groups in total. The molecule has 1 aliphatic carbocycles. The fraction of sp³-hybridized carbons (Fsp3) is 0.391. The van der Waals surface area contributed by atoms with Crippen LogP contribution in [0.5, 0.6) is 0 Å². The lowest BCUT2D eigenvalue weighted by atomic mass is 9.68. The van der Waals surface area contributed by atoms with E-state index in [2.05, 4.69) is 11.9 Å². The molecule has 160 valence electrons. The maximum absolute atomic E-state index is 13.8. The van der Waals surface area contributed by atoms with Gasteiger partial charge in [-0.05, 0) is 30.4 Å². The fourth-order valence-corrected chi connectivity index (χ4v) is 4.24. The molecule has 0 fully saturated rings. The van der Waals surface area contributed by atoms with Crippen molar-refractivity contribution in [2.75, 3.05) is 6.61 Å². The Morgan fingerprint density at radius 3 is 2.60 bits per heavy atom. The number of rotatable bonds is 4. The predicted molar refractivity (Wildman–Crippen MR) is 106 cm³/mol. The Balaban J connectivity index is 2.25. The minimum atomic E-state index is -4.64. The van der Waals surface area contributed by atoms with Crippen LogP contribution in [0.15, 0.2) is 59.5 Å². The molecule has 4 nitrogen and oxygen atoms in total. The number of nitrogens with one attached hydrogen (secondary N) is 1. The van der Waals surface area contributed by atoms with E-state index in [1.807, 2.05) is 13.8 Å². The molecule has 1 aromatic carbocycles. The van der Waals surface area contributed by atoms with Crippen LogP contribution in [0.1, 0.15) is 50.7 Å². The Kier molecular flexibility index (Phi) is 5.67. The van der Waals surface area contributed by atoms with Crippen molar-refractivity contribution in [1.29, 1.82) is 0 Å². The van der Waals surface area contributed by atoms with E-state index in [4.69, 9.17) is 4.74 Å². The zero-order valence-corrected chi connectivity index (χ0v) is 17.2. The summed E-state index contributed by atoms with van der Waals surface area (Å²) in [6.45, 7) is 8.89. The van der Waals surface area contributed by atoms with Gasteiger partial charge in [-0.2, -0.15) is 13.2 Å². The number of alkyl halides is 3. The number of ether oxygens (including phenoxy) is 1. The van der Waals surface area contributed by atoms with Gasteiger partial charge in [0.25, 0.3) is 0 Å². The molecular formula is C23H24F3NO3. The molecule has 1 heterocycles. The van der Waals surface area contributed by atoms with E-state index in [0.29, 0.717) is 17.8 Å². The molecule has 0 amide bonds. The summed E-state index contributed by atoms with van der Waals surface area (Å²) in [6, 6.07) is 5.06. The van der Waals surface area contributed by atoms with E-state index in [9.17, 15) is 22.8 Å². The number of carbonyl (C=O) groups excluding carboxylic acids is 2. The molecule has 30 heavy (non-hydrogen) atoms. The summed E-state index contributed by atoms with van der Waals surface area (Å²) in [7, 11) is 0. The van der Waals surface area contributed by atoms with Gasteiger partial charge in [-0.25, -0.2) is 4.79 Å². The summed E-state index contributed by atoms with van der Waals surface area (Å²) < 4.78 is 46.6. The van der Waals surface area contributed by atoms with Crippen molar-refractivity contribution in [1.82, 2.24) is 5.32 Å². The lowest BCUT2D eigenvalue weighted by Gasteiger charge is -2.40. The monoisotopic (exact) mass is 419 g/mol. The zero-order chi connectivity index (χ0) is 22.3. The maximum Gasteiger partial charge on any atom is 0.416 e. The summed E-state index contributed by atoms with van der Waals surface area (Å²) >= 11 is 0. The molecule has 0 saturated carbocycles. The lowest BCUT2D eigenvalue weighted by Crippen LogP contribution is -2.39. The van der Waals surface area contributed by atoms with Gasteiger partial charge in [0.1, 0.15) is 6.61 Å². The van der Waals surface area contributed by atoms with Crippen LogP contribution < -0.4 is 5.32 Å². The molecule has 0 unspecified atom stereocenters. The molecular weight excluding hydrogens is 395 g/mol. The smallest absolute Gasteiger partial charge is 0.416 e. The highest BCUT2D eigenvalue weighted by molar-refractivity contribution is 6.04. The van der Waals surface area contributed by atoms with Crippen LogP contribution in [-0.2, 0) is 20.5 Å². The van der Waals surface area contributed by atoms with Crippen LogP contribution in [0.3, 0.4) is 0 Å². The number of hydrogen-bond acceptors (Lipinski definition) is 4. The number of Topliss-reactive ketones (excluding diaryl/α,β-unsaturated/α-hetero) is 1. The first-order valence-electron chi connectivity index (χ1n) is 9.64. The summed E-state index contributed by atoms with van der Waals surface area (Å²) in [4.78, 5) is 25.9. The average Bonchev–Trinajstić information content (AvgIpc) is 2.63. The topological polar surface area (TPSA) is 55.4 Å². The number of hydrogen-bond donors (Lipinski definition) is 1. The summed E-state index contributed by atoms with van der Waals surface area (Å²) in [5, 5.41) is 3.10. The van der Waals surface area contributed by atoms with Crippen LogP contribution in [0.2, 0.25) is 0 Å². The van der Waals surface area contributed by atoms with Gasteiger partial charge >= 0.3 is 12.1 Å². The van der Waals surface area contributed by atoms with Crippen molar-refractivity contribution in [3.8, 4) is 0 Å². The first-order chi connectivity index (χ1) is 14.0. The Morgan fingerprint density at radius 1 is 1.30 bits per heavy atom. The molecule has 2 aliphatic rings. The van der Waals surface area contributed by atoms with Crippen LogP contribution in [0.4, 0.5) is 13.2 Å². The number of halogens is 3. The second-order valence-corrected chi connectivity index (χ2v) is 8.40. The van der Waals surface area contributed by atoms with Crippen molar-refractivity contribution >= 4 is 11.8 Å². The summed E-state index contributed by atoms with van der Waals surface area (Å²) in [5.41, 5.74) is -0.160. The van der Waals surface area contributed by atoms with E-state index < -0.39 is 23.6 Å². The van der Waals surface area contributed by atoms with Crippen molar-refractivity contribution in [3.05, 3.63) is 70.6 Å². The third-order valence-corrected chi connectivity index (χ3v) is 5.37. The minimum absolute atomic E-state index is 0.0142. The second kappa shape index (κ2) is 7.78. The van der Waals surface area contributed by atoms with E-state index in [0.717, 1.165) is 6.07 Å². The molecule has 0 aromatic heterocycles. The van der Waals surface area contributed by atoms with Crippen molar-refractivity contribution in [3.63, 3.8) is 0 Å². The molecule has 1 atom stereocenters. The number of allylic oxidation sites excluding steroid dienone is 3. The molecule has 1 aromatic rings. The minimum Gasteiger partial charge on any atom is -0.458 e. The Bertz CT molecular complexity index is 970. The summed E-state index contributed by atoms with van der Waals surface area (Å²) in [5.74, 6) is -2.19. The van der Waals surface area contributed by atoms with Gasteiger partial charge in [0, 0.05) is 29.3 Å². The van der Waals surface area contributed by atoms with Crippen molar-refractivity contribution < 1.29 is 27.5 Å². The van der Waals surface area contributed by atoms with Gasteiger partial charge in [-0.15, -0.1) is 0 Å². The molecule has 0 saturated heterocycles. The molecule has 0 spiro atoms. The first kappa shape index (κ1) is 21.9. The summed E-state index contributed by atoms with van der Waals surface area (Å²) in [6.07, 6.45) is -2.58. The standard InChI is InChI=1S/C23H24F3NO3/c1-5-10-30-21(29)18-13(2)27-16-11-22(3,4)12-17(28)20(16)19(18)14-8-6-7-9-15(14)23(24,25)26/h5-9,19,27H,1,10-12H2,2-4H3/t19-/m1/s1. The molecule has 0 radical (unpaired) electrons. The van der Waals surface area contributed by atoms with E-state index in [1.165, 1.54) is 24.3 Å². The van der Waals surface area contributed by atoms with Gasteiger partial charge in [0.2, 0.25) is 0 Å². The number of benzene rings is 1. The maximum atomic E-state index is 13.8. The fourth-order valence-electron chi connectivity index (χ4n) is 4.24. The SMILES string of the molecule is C=CCOC(=O)C1=C(C)NC2=C(C(=O)CC(C)(C)C2)[C@@H]1c1ccccc1C(F)(F)F. The predicted octanol–water partition coefficient (Wildman–Crippen LogP) is 5.04. The van der Waals surface area contributed by atoms with Crippen molar-refractivity contribution in [2.45, 2.75) is 45.7 Å².